The zero-order valence-corrected chi connectivity index (χ0v) is 13.7. The SMILES string of the molecule is CNC(=O)[C@H]1CN(C(=O)OC(C)(C)C)C[C@@H]1c1ccsc1. The van der Waals surface area contributed by atoms with E-state index in [0.29, 0.717) is 13.1 Å². The van der Waals surface area contributed by atoms with Crippen LogP contribution in [0.25, 0.3) is 0 Å². The maximum Gasteiger partial charge on any atom is 0.410 e. The molecule has 0 radical (unpaired) electrons. The number of thiophene rings is 1. The third-order valence-electron chi connectivity index (χ3n) is 3.53. The first-order chi connectivity index (χ1) is 9.81. The average molecular weight is 310 g/mol. The summed E-state index contributed by atoms with van der Waals surface area (Å²) in [7, 11) is 1.63. The minimum absolute atomic E-state index is 0.0303. The molecule has 0 bridgehead atoms. The van der Waals surface area contributed by atoms with Gasteiger partial charge in [0.15, 0.2) is 0 Å². The van der Waals surface area contributed by atoms with E-state index < -0.39 is 5.60 Å². The molecular formula is C15H22N2O3S. The van der Waals surface area contributed by atoms with Crippen molar-refractivity contribution in [1.82, 2.24) is 10.2 Å². The van der Waals surface area contributed by atoms with Crippen LogP contribution in [0.2, 0.25) is 0 Å². The van der Waals surface area contributed by atoms with Crippen LogP contribution in [0.1, 0.15) is 32.3 Å². The molecule has 1 aliphatic heterocycles. The highest BCUT2D eigenvalue weighted by atomic mass is 32.1. The lowest BCUT2D eigenvalue weighted by Gasteiger charge is -2.24. The van der Waals surface area contributed by atoms with E-state index in [-0.39, 0.29) is 23.8 Å². The first-order valence-corrected chi connectivity index (χ1v) is 7.97. The monoisotopic (exact) mass is 310 g/mol. The van der Waals surface area contributed by atoms with Gasteiger partial charge in [0.25, 0.3) is 0 Å². The molecule has 1 aromatic heterocycles. The predicted molar refractivity (Wildman–Crippen MR) is 82.4 cm³/mol. The molecule has 0 saturated carbocycles. The molecular weight excluding hydrogens is 288 g/mol. The highest BCUT2D eigenvalue weighted by Gasteiger charge is 2.41. The number of hydrogen-bond acceptors (Lipinski definition) is 4. The molecule has 2 heterocycles. The van der Waals surface area contributed by atoms with Crippen LogP contribution in [0.5, 0.6) is 0 Å². The maximum absolute atomic E-state index is 12.2. The van der Waals surface area contributed by atoms with Gasteiger partial charge in [-0.25, -0.2) is 4.79 Å². The van der Waals surface area contributed by atoms with Crippen molar-refractivity contribution in [3.05, 3.63) is 22.4 Å². The van der Waals surface area contributed by atoms with Crippen molar-refractivity contribution in [2.24, 2.45) is 5.92 Å². The molecule has 6 heteroatoms. The topological polar surface area (TPSA) is 58.6 Å². The van der Waals surface area contributed by atoms with Crippen molar-refractivity contribution in [2.45, 2.75) is 32.3 Å². The number of nitrogens with one attached hydrogen (secondary N) is 1. The summed E-state index contributed by atoms with van der Waals surface area (Å²) in [5.74, 6) is -0.224. The van der Waals surface area contributed by atoms with Crippen LogP contribution in [0.4, 0.5) is 4.79 Å². The molecule has 1 aromatic rings. The van der Waals surface area contributed by atoms with Crippen LogP contribution in [0, 0.1) is 5.92 Å². The number of carbonyl (C=O) groups is 2. The second kappa shape index (κ2) is 6.05. The molecule has 0 unspecified atom stereocenters. The highest BCUT2D eigenvalue weighted by Crippen LogP contribution is 2.34. The van der Waals surface area contributed by atoms with Crippen LogP contribution in [0.15, 0.2) is 16.8 Å². The molecule has 1 N–H and O–H groups in total. The van der Waals surface area contributed by atoms with Crippen LogP contribution in [-0.2, 0) is 9.53 Å². The molecule has 1 fully saturated rings. The molecule has 116 valence electrons. The van der Waals surface area contributed by atoms with Crippen LogP contribution in [0.3, 0.4) is 0 Å². The number of ether oxygens (including phenoxy) is 1. The summed E-state index contributed by atoms with van der Waals surface area (Å²) in [5, 5.41) is 6.73. The maximum atomic E-state index is 12.2. The van der Waals surface area contributed by atoms with E-state index in [1.54, 1.807) is 23.3 Å². The zero-order chi connectivity index (χ0) is 15.6. The number of likely N-dealkylation sites (tertiary alicyclic amines) is 1. The summed E-state index contributed by atoms with van der Waals surface area (Å²) in [6.45, 7) is 6.44. The molecule has 5 nitrogen and oxygen atoms in total. The minimum atomic E-state index is -0.528. The number of carbonyl (C=O) groups excluding carboxylic acids is 2. The smallest absolute Gasteiger partial charge is 0.410 e. The van der Waals surface area contributed by atoms with Crippen molar-refractivity contribution in [1.29, 1.82) is 0 Å². The van der Waals surface area contributed by atoms with Gasteiger partial charge in [-0.05, 0) is 43.2 Å². The second-order valence-corrected chi connectivity index (χ2v) is 7.05. The van der Waals surface area contributed by atoms with Gasteiger partial charge in [0, 0.05) is 26.1 Å². The highest BCUT2D eigenvalue weighted by molar-refractivity contribution is 7.08. The Morgan fingerprint density at radius 2 is 2.10 bits per heavy atom. The van der Waals surface area contributed by atoms with Crippen molar-refractivity contribution in [3.8, 4) is 0 Å². The Labute approximate surface area is 129 Å². The van der Waals surface area contributed by atoms with Crippen LogP contribution < -0.4 is 5.32 Å². The van der Waals surface area contributed by atoms with Crippen molar-refractivity contribution in [3.63, 3.8) is 0 Å². The van der Waals surface area contributed by atoms with Gasteiger partial charge in [-0.1, -0.05) is 0 Å². The normalized spacial score (nSPS) is 22.2. The molecule has 1 aliphatic rings. The van der Waals surface area contributed by atoms with Crippen molar-refractivity contribution >= 4 is 23.3 Å². The summed E-state index contributed by atoms with van der Waals surface area (Å²) in [6.07, 6.45) is -0.353. The molecule has 2 atom stereocenters. The van der Waals surface area contributed by atoms with Gasteiger partial charge < -0.3 is 15.0 Å². The summed E-state index contributed by atoms with van der Waals surface area (Å²) in [6, 6.07) is 2.02. The van der Waals surface area contributed by atoms with Crippen molar-refractivity contribution < 1.29 is 14.3 Å². The van der Waals surface area contributed by atoms with Gasteiger partial charge >= 0.3 is 6.09 Å². The summed E-state index contributed by atoms with van der Waals surface area (Å²) in [4.78, 5) is 25.9. The van der Waals surface area contributed by atoms with E-state index >= 15 is 0 Å². The quantitative estimate of drug-likeness (QED) is 0.913. The molecule has 1 saturated heterocycles. The van der Waals surface area contributed by atoms with Crippen LogP contribution >= 0.6 is 11.3 Å². The van der Waals surface area contributed by atoms with Gasteiger partial charge in [0.05, 0.1) is 5.92 Å². The first-order valence-electron chi connectivity index (χ1n) is 7.03. The third kappa shape index (κ3) is 3.75. The minimum Gasteiger partial charge on any atom is -0.444 e. The molecule has 2 amide bonds. The number of amides is 2. The van der Waals surface area contributed by atoms with E-state index in [1.165, 1.54) is 0 Å². The number of nitrogens with zero attached hydrogens (tertiary/aromatic N) is 1. The largest absolute Gasteiger partial charge is 0.444 e. The fraction of sp³-hybridized carbons (Fsp3) is 0.600. The van der Waals surface area contributed by atoms with Crippen molar-refractivity contribution in [2.75, 3.05) is 20.1 Å². The standard InChI is InChI=1S/C15H22N2O3S/c1-15(2,3)20-14(19)17-7-11(10-5-6-21-9-10)12(8-17)13(18)16-4/h5-6,9,11-12H,7-8H2,1-4H3,(H,16,18)/t11-,12+/m1/s1. The number of rotatable bonds is 2. The van der Waals surface area contributed by atoms with Gasteiger partial charge in [-0.15, -0.1) is 0 Å². The van der Waals surface area contributed by atoms with E-state index in [4.69, 9.17) is 4.74 Å². The third-order valence-corrected chi connectivity index (χ3v) is 4.23. The summed E-state index contributed by atoms with van der Waals surface area (Å²) < 4.78 is 5.41. The van der Waals surface area contributed by atoms with Gasteiger partial charge in [0.1, 0.15) is 5.60 Å². The summed E-state index contributed by atoms with van der Waals surface area (Å²) in [5.41, 5.74) is 0.583. The van der Waals surface area contributed by atoms with Gasteiger partial charge in [-0.3, -0.25) is 4.79 Å². The first kappa shape index (κ1) is 15.8. The fourth-order valence-electron chi connectivity index (χ4n) is 2.55. The Kier molecular flexibility index (Phi) is 4.56. The molecule has 0 aliphatic carbocycles. The lowest BCUT2D eigenvalue weighted by atomic mass is 9.90. The Morgan fingerprint density at radius 3 is 2.62 bits per heavy atom. The summed E-state index contributed by atoms with van der Waals surface area (Å²) >= 11 is 1.60. The van der Waals surface area contributed by atoms with E-state index in [1.807, 2.05) is 37.6 Å². The van der Waals surface area contributed by atoms with Crippen LogP contribution in [-0.4, -0.2) is 42.6 Å². The zero-order valence-electron chi connectivity index (χ0n) is 12.9. The predicted octanol–water partition coefficient (Wildman–Crippen LogP) is 2.44. The number of hydrogen-bond donors (Lipinski definition) is 1. The van der Waals surface area contributed by atoms with Gasteiger partial charge in [-0.2, -0.15) is 11.3 Å². The Bertz CT molecular complexity index is 507. The molecule has 0 spiro atoms. The molecule has 21 heavy (non-hydrogen) atoms. The Morgan fingerprint density at radius 1 is 1.38 bits per heavy atom. The Hall–Kier alpha value is -1.56. The van der Waals surface area contributed by atoms with E-state index in [9.17, 15) is 9.59 Å². The average Bonchev–Trinajstić information content (AvgIpc) is 3.04. The lowest BCUT2D eigenvalue weighted by molar-refractivity contribution is -0.124. The van der Waals surface area contributed by atoms with E-state index in [0.717, 1.165) is 5.56 Å². The Balaban J connectivity index is 2.14. The van der Waals surface area contributed by atoms with Gasteiger partial charge in [0.2, 0.25) is 5.91 Å². The molecule has 0 aromatic carbocycles. The lowest BCUT2D eigenvalue weighted by Crippen LogP contribution is -2.37. The fourth-order valence-corrected chi connectivity index (χ4v) is 3.28. The second-order valence-electron chi connectivity index (χ2n) is 6.27. The molecule has 2 rings (SSSR count). The van der Waals surface area contributed by atoms with E-state index in [2.05, 4.69) is 5.32 Å².